The Morgan fingerprint density at radius 2 is 2.00 bits per heavy atom. The third-order valence-electron chi connectivity index (χ3n) is 2.50. The monoisotopic (exact) mass is 304 g/mol. The number of hydrogen-bond donors (Lipinski definition) is 1. The maximum absolute atomic E-state index is 11.9. The fourth-order valence-electron chi connectivity index (χ4n) is 1.43. The molecule has 0 saturated heterocycles. The van der Waals surface area contributed by atoms with Gasteiger partial charge in [-0.3, -0.25) is 10.1 Å². The molecule has 1 N–H and O–H groups in total. The van der Waals surface area contributed by atoms with Crippen LogP contribution in [0.2, 0.25) is 0 Å². The lowest BCUT2D eigenvalue weighted by Crippen LogP contribution is -2.24. The third kappa shape index (κ3) is 6.64. The van der Waals surface area contributed by atoms with Gasteiger partial charge in [0.1, 0.15) is 0 Å². The molecule has 116 valence electrons. The molecule has 1 aromatic rings. The standard InChI is InChI=1S/C13H15F3N2O3/c1-9(19)18(2)7-10-4-3-5-11(6-10)17-12(20)21-8-13(14,15)16/h3-6H,7-8H2,1-2H3,(H,17,20). The smallest absolute Gasteiger partial charge is 0.422 e. The van der Waals surface area contributed by atoms with Crippen molar-refractivity contribution in [3.05, 3.63) is 29.8 Å². The number of benzene rings is 1. The first-order valence-electron chi connectivity index (χ1n) is 5.98. The number of rotatable bonds is 4. The minimum atomic E-state index is -4.57. The van der Waals surface area contributed by atoms with Crippen LogP contribution in [0.3, 0.4) is 0 Å². The summed E-state index contributed by atoms with van der Waals surface area (Å²) < 4.78 is 39.7. The second-order valence-electron chi connectivity index (χ2n) is 4.39. The Morgan fingerprint density at radius 3 is 2.57 bits per heavy atom. The van der Waals surface area contributed by atoms with Crippen LogP contribution in [0.1, 0.15) is 12.5 Å². The SMILES string of the molecule is CC(=O)N(C)Cc1cccc(NC(=O)OCC(F)(F)F)c1. The predicted octanol–water partition coefficient (Wildman–Crippen LogP) is 2.78. The minimum absolute atomic E-state index is 0.127. The summed E-state index contributed by atoms with van der Waals surface area (Å²) in [7, 11) is 1.61. The van der Waals surface area contributed by atoms with Gasteiger partial charge in [0.05, 0.1) is 0 Å². The van der Waals surface area contributed by atoms with E-state index in [0.717, 1.165) is 5.56 Å². The molecule has 0 aliphatic heterocycles. The van der Waals surface area contributed by atoms with Crippen molar-refractivity contribution in [2.75, 3.05) is 19.0 Å². The fourth-order valence-corrected chi connectivity index (χ4v) is 1.43. The van der Waals surface area contributed by atoms with Gasteiger partial charge in [0.2, 0.25) is 5.91 Å². The molecule has 0 unspecified atom stereocenters. The summed E-state index contributed by atoms with van der Waals surface area (Å²) in [6, 6.07) is 6.40. The highest BCUT2D eigenvalue weighted by molar-refractivity contribution is 5.84. The van der Waals surface area contributed by atoms with E-state index in [1.807, 2.05) is 0 Å². The van der Waals surface area contributed by atoms with Gasteiger partial charge in [0.25, 0.3) is 0 Å². The van der Waals surface area contributed by atoms with Crippen molar-refractivity contribution in [3.8, 4) is 0 Å². The van der Waals surface area contributed by atoms with E-state index >= 15 is 0 Å². The average Bonchev–Trinajstić information content (AvgIpc) is 2.36. The molecule has 0 atom stereocenters. The first-order valence-corrected chi connectivity index (χ1v) is 5.98. The van der Waals surface area contributed by atoms with E-state index in [4.69, 9.17) is 0 Å². The number of carbonyl (C=O) groups excluding carboxylic acids is 2. The Morgan fingerprint density at radius 1 is 1.33 bits per heavy atom. The quantitative estimate of drug-likeness (QED) is 0.930. The van der Waals surface area contributed by atoms with Crippen LogP contribution in [-0.4, -0.2) is 36.7 Å². The zero-order valence-electron chi connectivity index (χ0n) is 11.5. The van der Waals surface area contributed by atoms with Crippen molar-refractivity contribution in [2.45, 2.75) is 19.6 Å². The molecule has 0 heterocycles. The van der Waals surface area contributed by atoms with Gasteiger partial charge in [-0.1, -0.05) is 12.1 Å². The lowest BCUT2D eigenvalue weighted by molar-refractivity contribution is -0.159. The summed E-state index contributed by atoms with van der Waals surface area (Å²) >= 11 is 0. The van der Waals surface area contributed by atoms with E-state index in [0.29, 0.717) is 6.54 Å². The highest BCUT2D eigenvalue weighted by Crippen LogP contribution is 2.16. The van der Waals surface area contributed by atoms with Crippen LogP contribution in [0, 0.1) is 0 Å². The molecule has 5 nitrogen and oxygen atoms in total. The maximum atomic E-state index is 11.9. The lowest BCUT2D eigenvalue weighted by Gasteiger charge is -2.15. The minimum Gasteiger partial charge on any atom is -0.440 e. The Kier molecular flexibility index (Phi) is 5.57. The van der Waals surface area contributed by atoms with Crippen LogP contribution in [0.15, 0.2) is 24.3 Å². The average molecular weight is 304 g/mol. The zero-order valence-corrected chi connectivity index (χ0v) is 11.5. The zero-order chi connectivity index (χ0) is 16.0. The molecule has 0 fully saturated rings. The van der Waals surface area contributed by atoms with Gasteiger partial charge < -0.3 is 9.64 Å². The van der Waals surface area contributed by atoms with Gasteiger partial charge >= 0.3 is 12.3 Å². The molecule has 0 aliphatic carbocycles. The van der Waals surface area contributed by atoms with Crippen molar-refractivity contribution in [1.29, 1.82) is 0 Å². The Hall–Kier alpha value is -2.25. The van der Waals surface area contributed by atoms with Gasteiger partial charge in [-0.25, -0.2) is 4.79 Å². The Labute approximate surface area is 119 Å². The molecule has 0 aliphatic rings. The van der Waals surface area contributed by atoms with Gasteiger partial charge in [-0.05, 0) is 17.7 Å². The van der Waals surface area contributed by atoms with Crippen LogP contribution in [0.25, 0.3) is 0 Å². The van der Waals surface area contributed by atoms with Crippen LogP contribution in [0.5, 0.6) is 0 Å². The number of nitrogens with zero attached hydrogens (tertiary/aromatic N) is 1. The molecule has 0 saturated carbocycles. The highest BCUT2D eigenvalue weighted by Gasteiger charge is 2.29. The molecule has 8 heteroatoms. The number of nitrogens with one attached hydrogen (secondary N) is 1. The molecule has 21 heavy (non-hydrogen) atoms. The lowest BCUT2D eigenvalue weighted by atomic mass is 10.2. The number of amides is 2. The molecular formula is C13H15F3N2O3. The van der Waals surface area contributed by atoms with E-state index in [1.165, 1.54) is 17.9 Å². The van der Waals surface area contributed by atoms with Crippen molar-refractivity contribution >= 4 is 17.7 Å². The molecule has 1 aromatic carbocycles. The molecule has 0 radical (unpaired) electrons. The number of ether oxygens (including phenoxy) is 1. The van der Waals surface area contributed by atoms with Gasteiger partial charge in [-0.2, -0.15) is 13.2 Å². The number of alkyl halides is 3. The molecule has 1 rings (SSSR count). The second kappa shape index (κ2) is 6.96. The second-order valence-corrected chi connectivity index (χ2v) is 4.39. The summed E-state index contributed by atoms with van der Waals surface area (Å²) in [5, 5.41) is 2.19. The molecule has 0 aromatic heterocycles. The van der Waals surface area contributed by atoms with E-state index < -0.39 is 18.9 Å². The highest BCUT2D eigenvalue weighted by atomic mass is 19.4. The van der Waals surface area contributed by atoms with Crippen LogP contribution in [-0.2, 0) is 16.1 Å². The molecule has 0 bridgehead atoms. The topological polar surface area (TPSA) is 58.6 Å². The van der Waals surface area contributed by atoms with Crippen molar-refractivity contribution in [1.82, 2.24) is 4.90 Å². The summed E-state index contributed by atoms with van der Waals surface area (Å²) in [5.74, 6) is -0.127. The fraction of sp³-hybridized carbons (Fsp3) is 0.385. The van der Waals surface area contributed by atoms with E-state index in [-0.39, 0.29) is 11.6 Å². The molecule has 0 spiro atoms. The van der Waals surface area contributed by atoms with Gasteiger partial charge in [0.15, 0.2) is 6.61 Å². The largest absolute Gasteiger partial charge is 0.440 e. The van der Waals surface area contributed by atoms with Crippen molar-refractivity contribution in [2.24, 2.45) is 0 Å². The number of anilines is 1. The van der Waals surface area contributed by atoms with Gasteiger partial charge in [-0.15, -0.1) is 0 Å². The maximum Gasteiger partial charge on any atom is 0.422 e. The van der Waals surface area contributed by atoms with Crippen LogP contribution in [0.4, 0.5) is 23.7 Å². The third-order valence-corrected chi connectivity index (χ3v) is 2.50. The van der Waals surface area contributed by atoms with Crippen LogP contribution < -0.4 is 5.32 Å². The predicted molar refractivity (Wildman–Crippen MR) is 69.6 cm³/mol. The Balaban J connectivity index is 2.60. The first-order chi connectivity index (χ1) is 9.67. The van der Waals surface area contributed by atoms with E-state index in [2.05, 4.69) is 10.1 Å². The Bertz CT molecular complexity index is 518. The van der Waals surface area contributed by atoms with Crippen molar-refractivity contribution in [3.63, 3.8) is 0 Å². The van der Waals surface area contributed by atoms with Crippen LogP contribution >= 0.6 is 0 Å². The summed E-state index contributed by atoms with van der Waals surface area (Å²) in [6.07, 6.45) is -5.76. The number of carbonyl (C=O) groups is 2. The number of halogens is 3. The van der Waals surface area contributed by atoms with Crippen molar-refractivity contribution < 1.29 is 27.5 Å². The first kappa shape index (κ1) is 16.8. The molecule has 2 amide bonds. The van der Waals surface area contributed by atoms with E-state index in [9.17, 15) is 22.8 Å². The normalized spacial score (nSPS) is 10.9. The van der Waals surface area contributed by atoms with Gasteiger partial charge in [0, 0.05) is 26.2 Å². The number of hydrogen-bond acceptors (Lipinski definition) is 3. The summed E-state index contributed by atoms with van der Waals surface area (Å²) in [5.41, 5.74) is 1.01. The van der Waals surface area contributed by atoms with E-state index in [1.54, 1.807) is 25.2 Å². The molecular weight excluding hydrogens is 289 g/mol. The summed E-state index contributed by atoms with van der Waals surface area (Å²) in [6.45, 7) is 0.0880. The summed E-state index contributed by atoms with van der Waals surface area (Å²) in [4.78, 5) is 23.8.